The molecule has 71 heavy (non-hydrogen) atoms. The molecule has 2 heterocycles. The van der Waals surface area contributed by atoms with Gasteiger partial charge in [0.1, 0.15) is 39.6 Å². The van der Waals surface area contributed by atoms with Gasteiger partial charge in [-0.15, -0.1) is 0 Å². The fourth-order valence-electron chi connectivity index (χ4n) is 12.0. The summed E-state index contributed by atoms with van der Waals surface area (Å²) < 4.78 is 45.3. The molecule has 9 heteroatoms. The highest BCUT2D eigenvalue weighted by Gasteiger charge is 2.53. The fourth-order valence-corrected chi connectivity index (χ4v) is 14.0. The summed E-state index contributed by atoms with van der Waals surface area (Å²) in [5.74, 6) is -0.531. The Labute approximate surface area is 438 Å². The quantitative estimate of drug-likeness (QED) is 0.188. The minimum atomic E-state index is -1.46. The molecule has 3 aliphatic rings. The van der Waals surface area contributed by atoms with E-state index in [9.17, 15) is 13.9 Å². The Balaban J connectivity index is 0.000000133. The average molecular weight is 1180 g/mol. The number of para-hydroxylation sites is 2. The van der Waals surface area contributed by atoms with Crippen LogP contribution in [0.3, 0.4) is 0 Å². The lowest BCUT2D eigenvalue weighted by Crippen LogP contribution is -2.27. The third kappa shape index (κ3) is 5.98. The normalized spacial score (nSPS) is 16.8. The molecule has 1 spiro atoms. The number of fused-ring (bicyclic) bond motifs is 21. The molecule has 0 saturated heterocycles. The van der Waals surface area contributed by atoms with Crippen molar-refractivity contribution in [2.75, 3.05) is 0 Å². The Hall–Kier alpha value is -6.46. The van der Waals surface area contributed by atoms with Gasteiger partial charge in [-0.05, 0) is 144 Å². The molecule has 0 amide bonds. The van der Waals surface area contributed by atoms with E-state index in [1.165, 1.54) is 17.7 Å². The van der Waals surface area contributed by atoms with Gasteiger partial charge in [0.05, 0.1) is 5.41 Å². The molecule has 1 N–H and O–H groups in total. The number of hydrogen-bond acceptors (Lipinski definition) is 3. The molecule has 2 unspecified atom stereocenters. The van der Waals surface area contributed by atoms with Crippen molar-refractivity contribution in [2.45, 2.75) is 11.0 Å². The van der Waals surface area contributed by atoms with Crippen molar-refractivity contribution in [3.63, 3.8) is 0 Å². The molecule has 3 nitrogen and oxygen atoms in total. The summed E-state index contributed by atoms with van der Waals surface area (Å²) in [7, 11) is 0. The van der Waals surface area contributed by atoms with E-state index in [1.54, 1.807) is 24.3 Å². The smallest absolute Gasteiger partial charge is 0.144 e. The molecule has 0 saturated carbocycles. The number of aliphatic hydroxyl groups is 1. The minimum Gasteiger partial charge on any atom is -0.455 e. The minimum absolute atomic E-state index is 0.232. The second-order valence-electron chi connectivity index (χ2n) is 18.3. The van der Waals surface area contributed by atoms with Gasteiger partial charge < -0.3 is 13.9 Å². The van der Waals surface area contributed by atoms with Crippen LogP contribution >= 0.6 is 63.7 Å². The molecule has 2 atom stereocenters. The number of furan rings is 2. The first-order valence-corrected chi connectivity index (χ1v) is 26.1. The van der Waals surface area contributed by atoms with Gasteiger partial charge in [-0.3, -0.25) is 0 Å². The van der Waals surface area contributed by atoms with Crippen LogP contribution in [0.25, 0.3) is 88.4 Å². The Bertz CT molecular complexity index is 4290. The van der Waals surface area contributed by atoms with Crippen LogP contribution in [0.15, 0.2) is 215 Å². The van der Waals surface area contributed by atoms with Gasteiger partial charge in [0, 0.05) is 67.3 Å². The summed E-state index contributed by atoms with van der Waals surface area (Å²) in [5.41, 5.74) is 15.6. The van der Waals surface area contributed by atoms with Gasteiger partial charge in [-0.1, -0.05) is 163 Å². The van der Waals surface area contributed by atoms with Crippen LogP contribution in [0.2, 0.25) is 0 Å². The Morgan fingerprint density at radius 3 is 1.52 bits per heavy atom. The number of hydrogen-bond donors (Lipinski definition) is 1. The average Bonchev–Trinajstić information content (AvgIpc) is 4.16. The maximum atomic E-state index is 14.9. The van der Waals surface area contributed by atoms with Gasteiger partial charge in [0.15, 0.2) is 0 Å². The van der Waals surface area contributed by atoms with Crippen molar-refractivity contribution in [1.29, 1.82) is 0 Å². The summed E-state index contributed by atoms with van der Waals surface area (Å²) >= 11 is 15.0. The van der Waals surface area contributed by atoms with E-state index in [0.29, 0.717) is 0 Å². The lowest BCUT2D eigenvalue weighted by Gasteiger charge is -2.30. The van der Waals surface area contributed by atoms with Gasteiger partial charge in [-0.25, -0.2) is 8.78 Å². The molecule has 0 aliphatic heterocycles. The molecular formula is C62H32Br4F2O3. The lowest BCUT2D eigenvalue weighted by molar-refractivity contribution is 0.131. The van der Waals surface area contributed by atoms with Crippen LogP contribution < -0.4 is 0 Å². The molecule has 10 aromatic carbocycles. The zero-order valence-electron chi connectivity index (χ0n) is 36.9. The molecule has 340 valence electrons. The topological polar surface area (TPSA) is 46.5 Å². The SMILES string of the molecule is Fc1ccc2c(c1)C1(c3ccccc3-2)c2cc(Br)ccc2-c2c1cc(Br)c1c2oc2ccccc21.OC1(c2ccccc2-c2ccc(F)cc2)c2cc(Br)ccc2-c2c1cc(Br)c1c2oc2ccccc21. The van der Waals surface area contributed by atoms with Crippen molar-refractivity contribution < 1.29 is 22.7 Å². The monoisotopic (exact) mass is 1180 g/mol. The van der Waals surface area contributed by atoms with E-state index in [4.69, 9.17) is 8.83 Å². The van der Waals surface area contributed by atoms with Crippen molar-refractivity contribution in [3.8, 4) is 44.5 Å². The number of benzene rings is 10. The predicted molar refractivity (Wildman–Crippen MR) is 294 cm³/mol. The van der Waals surface area contributed by atoms with Crippen LogP contribution in [-0.4, -0.2) is 5.11 Å². The maximum absolute atomic E-state index is 14.9. The predicted octanol–water partition coefficient (Wildman–Crippen LogP) is 18.8. The molecule has 15 rings (SSSR count). The molecule has 2 aromatic heterocycles. The second-order valence-corrected chi connectivity index (χ2v) is 21.8. The van der Waals surface area contributed by atoms with E-state index in [1.807, 2.05) is 97.1 Å². The fraction of sp³-hybridized carbons (Fsp3) is 0.0323. The van der Waals surface area contributed by atoms with Gasteiger partial charge in [-0.2, -0.15) is 0 Å². The highest BCUT2D eigenvalue weighted by molar-refractivity contribution is 9.11. The van der Waals surface area contributed by atoms with Crippen LogP contribution in [0, 0.1) is 11.6 Å². The zero-order valence-corrected chi connectivity index (χ0v) is 43.3. The Morgan fingerprint density at radius 1 is 0.380 bits per heavy atom. The summed E-state index contributed by atoms with van der Waals surface area (Å²) in [6.07, 6.45) is 0. The van der Waals surface area contributed by atoms with Gasteiger partial charge in [0.2, 0.25) is 0 Å². The van der Waals surface area contributed by atoms with Crippen LogP contribution in [0.5, 0.6) is 0 Å². The Kier molecular flexibility index (Phi) is 9.63. The largest absolute Gasteiger partial charge is 0.455 e. The third-order valence-corrected chi connectivity index (χ3v) is 17.0. The summed E-state index contributed by atoms with van der Waals surface area (Å²) in [6, 6.07) is 60.5. The lowest BCUT2D eigenvalue weighted by atomic mass is 9.70. The van der Waals surface area contributed by atoms with E-state index in [-0.39, 0.29) is 11.6 Å². The molecule has 0 radical (unpaired) electrons. The first-order valence-electron chi connectivity index (χ1n) is 22.9. The van der Waals surface area contributed by atoms with Crippen molar-refractivity contribution >= 4 is 108 Å². The molecule has 0 fully saturated rings. The standard InChI is InChI=1S/C31H17Br2FO2.C31H15Br2FO/c32-18-11-14-21-24(15-18)31(35,23-7-3-1-5-20(23)17-9-12-19(34)13-10-17)25-16-26(33)29-22-6-2-4-8-27(22)36-30(29)28(21)25;32-16-9-11-20-23(13-16)31(22-7-3-1-5-18(22)19-12-10-17(34)14-24(19)31)25-15-26(33)29-21-6-2-4-8-27(21)35-30(29)28(20)25/h1-16,35H;1-15H. The van der Waals surface area contributed by atoms with E-state index >= 15 is 0 Å². The molecular weight excluding hydrogens is 1150 g/mol. The van der Waals surface area contributed by atoms with E-state index in [2.05, 4.69) is 118 Å². The molecule has 0 bridgehead atoms. The van der Waals surface area contributed by atoms with Crippen LogP contribution in [0.4, 0.5) is 8.78 Å². The van der Waals surface area contributed by atoms with Gasteiger partial charge >= 0.3 is 0 Å². The summed E-state index contributed by atoms with van der Waals surface area (Å²) in [5, 5.41) is 16.9. The highest BCUT2D eigenvalue weighted by Crippen LogP contribution is 2.65. The molecule has 3 aliphatic carbocycles. The van der Waals surface area contributed by atoms with Crippen molar-refractivity contribution in [2.24, 2.45) is 0 Å². The first kappa shape index (κ1) is 43.3. The summed E-state index contributed by atoms with van der Waals surface area (Å²) in [4.78, 5) is 0. The van der Waals surface area contributed by atoms with E-state index in [0.717, 1.165) is 140 Å². The van der Waals surface area contributed by atoms with Crippen molar-refractivity contribution in [3.05, 3.63) is 257 Å². The Morgan fingerprint density at radius 2 is 0.859 bits per heavy atom. The maximum Gasteiger partial charge on any atom is 0.144 e. The number of rotatable bonds is 2. The highest BCUT2D eigenvalue weighted by atomic mass is 79.9. The third-order valence-electron chi connectivity index (χ3n) is 14.8. The van der Waals surface area contributed by atoms with Gasteiger partial charge in [0.25, 0.3) is 0 Å². The molecule has 12 aromatic rings. The van der Waals surface area contributed by atoms with Crippen molar-refractivity contribution in [1.82, 2.24) is 0 Å². The van der Waals surface area contributed by atoms with Crippen LogP contribution in [-0.2, 0) is 11.0 Å². The summed E-state index contributed by atoms with van der Waals surface area (Å²) in [6.45, 7) is 0. The zero-order chi connectivity index (χ0) is 48.1. The van der Waals surface area contributed by atoms with Crippen LogP contribution in [0.1, 0.15) is 38.9 Å². The van der Waals surface area contributed by atoms with E-state index < -0.39 is 11.0 Å². The number of halogens is 6. The second kappa shape index (κ2) is 15.8. The first-order chi connectivity index (χ1) is 34.5.